The van der Waals surface area contributed by atoms with Gasteiger partial charge in [0.15, 0.2) is 0 Å². The van der Waals surface area contributed by atoms with Crippen LogP contribution >= 0.6 is 11.6 Å². The van der Waals surface area contributed by atoms with E-state index in [-0.39, 0.29) is 11.9 Å². The molecule has 0 bridgehead atoms. The molecule has 4 rings (SSSR count). The predicted molar refractivity (Wildman–Crippen MR) is 118 cm³/mol. The molecule has 0 radical (unpaired) electrons. The lowest BCUT2D eigenvalue weighted by Crippen LogP contribution is -2.37. The van der Waals surface area contributed by atoms with E-state index in [1.54, 1.807) is 0 Å². The lowest BCUT2D eigenvalue weighted by atomic mass is 10.0. The molecule has 1 aliphatic rings. The summed E-state index contributed by atoms with van der Waals surface area (Å²) in [5.41, 5.74) is 3.90. The van der Waals surface area contributed by atoms with Crippen LogP contribution in [-0.2, 0) is 0 Å². The molecule has 0 aliphatic carbocycles. The second-order valence-electron chi connectivity index (χ2n) is 7.26. The van der Waals surface area contributed by atoms with Crippen LogP contribution in [0.2, 0.25) is 5.02 Å². The fraction of sp³-hybridized carbons (Fsp3) is 0.208. The van der Waals surface area contributed by atoms with Crippen molar-refractivity contribution in [2.45, 2.75) is 6.04 Å². The normalized spacial score (nSPS) is 15.2. The number of nitrogens with one attached hydrogen (secondary N) is 2. The number of hydrogen-bond acceptors (Lipinski definition) is 3. The molecule has 1 fully saturated rings. The van der Waals surface area contributed by atoms with E-state index >= 15 is 0 Å². The van der Waals surface area contributed by atoms with Crippen molar-refractivity contribution in [1.82, 2.24) is 15.5 Å². The number of rotatable bonds is 6. The van der Waals surface area contributed by atoms with Crippen LogP contribution in [0.3, 0.4) is 0 Å². The smallest absolute Gasteiger partial charge is 0.251 e. The maximum absolute atomic E-state index is 12.9. The fourth-order valence-corrected chi connectivity index (χ4v) is 3.71. The van der Waals surface area contributed by atoms with Crippen molar-refractivity contribution in [3.63, 3.8) is 0 Å². The highest BCUT2D eigenvalue weighted by molar-refractivity contribution is 6.30. The molecule has 0 spiro atoms. The highest BCUT2D eigenvalue weighted by Gasteiger charge is 2.21. The molecule has 0 aromatic heterocycles. The molecule has 1 heterocycles. The third-order valence-electron chi connectivity index (χ3n) is 5.21. The predicted octanol–water partition coefficient (Wildman–Crippen LogP) is 4.34. The van der Waals surface area contributed by atoms with Crippen molar-refractivity contribution in [2.24, 2.45) is 0 Å². The van der Waals surface area contributed by atoms with Crippen molar-refractivity contribution in [3.8, 4) is 11.1 Å². The molecular weight excluding hydrogens is 382 g/mol. The first-order valence-electron chi connectivity index (χ1n) is 9.84. The molecule has 1 aliphatic heterocycles. The molecule has 2 N–H and O–H groups in total. The quantitative estimate of drug-likeness (QED) is 0.641. The van der Waals surface area contributed by atoms with Crippen LogP contribution in [0, 0.1) is 0 Å². The summed E-state index contributed by atoms with van der Waals surface area (Å²) < 4.78 is 0. The molecule has 4 nitrogen and oxygen atoms in total. The topological polar surface area (TPSA) is 44.4 Å². The number of benzene rings is 3. The highest BCUT2D eigenvalue weighted by atomic mass is 35.5. The molecule has 3 aromatic carbocycles. The molecule has 0 unspecified atom stereocenters. The van der Waals surface area contributed by atoms with Crippen LogP contribution < -0.4 is 10.6 Å². The molecule has 148 valence electrons. The van der Waals surface area contributed by atoms with Crippen LogP contribution in [0.15, 0.2) is 78.9 Å². The van der Waals surface area contributed by atoms with E-state index in [4.69, 9.17) is 11.6 Å². The van der Waals surface area contributed by atoms with E-state index in [0.717, 1.165) is 43.0 Å². The van der Waals surface area contributed by atoms with E-state index in [0.29, 0.717) is 10.6 Å². The minimum absolute atomic E-state index is 0.0560. The standard InChI is InChI=1S/C24H24ClN3O/c25-22-12-10-19(11-13-22)18-6-8-21(9-7-18)24(29)27-23(16-28-15-14-26-17-28)20-4-2-1-3-5-20/h1-13,23,26H,14-17H2,(H,27,29)/t23-/m0/s1. The van der Waals surface area contributed by atoms with Gasteiger partial charge < -0.3 is 10.6 Å². The monoisotopic (exact) mass is 405 g/mol. The summed E-state index contributed by atoms with van der Waals surface area (Å²) in [5, 5.41) is 7.27. The molecule has 1 atom stereocenters. The van der Waals surface area contributed by atoms with Gasteiger partial charge in [0, 0.05) is 36.9 Å². The number of amides is 1. The Bertz CT molecular complexity index is 936. The third-order valence-corrected chi connectivity index (χ3v) is 5.46. The lowest BCUT2D eigenvalue weighted by Gasteiger charge is -2.24. The molecule has 29 heavy (non-hydrogen) atoms. The van der Waals surface area contributed by atoms with Crippen molar-refractivity contribution < 1.29 is 4.79 Å². The van der Waals surface area contributed by atoms with E-state index < -0.39 is 0 Å². The van der Waals surface area contributed by atoms with E-state index in [1.165, 1.54) is 0 Å². The first kappa shape index (κ1) is 19.6. The Hall–Kier alpha value is -2.66. The second kappa shape index (κ2) is 9.23. The Morgan fingerprint density at radius 3 is 2.24 bits per heavy atom. The van der Waals surface area contributed by atoms with Crippen molar-refractivity contribution >= 4 is 17.5 Å². The number of halogens is 1. The van der Waals surface area contributed by atoms with E-state index in [1.807, 2.05) is 66.7 Å². The van der Waals surface area contributed by atoms with Gasteiger partial charge in [-0.3, -0.25) is 9.69 Å². The Morgan fingerprint density at radius 1 is 0.966 bits per heavy atom. The number of nitrogens with zero attached hydrogens (tertiary/aromatic N) is 1. The zero-order valence-corrected chi connectivity index (χ0v) is 16.9. The molecule has 3 aromatic rings. The summed E-state index contributed by atoms with van der Waals surface area (Å²) in [5.74, 6) is -0.0614. The Morgan fingerprint density at radius 2 is 1.62 bits per heavy atom. The summed E-state index contributed by atoms with van der Waals surface area (Å²) >= 11 is 5.97. The van der Waals surface area contributed by atoms with Gasteiger partial charge in [0.2, 0.25) is 0 Å². The van der Waals surface area contributed by atoms with Gasteiger partial charge in [-0.1, -0.05) is 66.2 Å². The van der Waals surface area contributed by atoms with Crippen LogP contribution in [0.4, 0.5) is 0 Å². The lowest BCUT2D eigenvalue weighted by molar-refractivity contribution is 0.0927. The van der Waals surface area contributed by atoms with Crippen LogP contribution in [0.25, 0.3) is 11.1 Å². The largest absolute Gasteiger partial charge is 0.344 e. The third kappa shape index (κ3) is 5.04. The summed E-state index contributed by atoms with van der Waals surface area (Å²) in [6, 6.07) is 25.5. The van der Waals surface area contributed by atoms with Gasteiger partial charge in [-0.25, -0.2) is 0 Å². The minimum Gasteiger partial charge on any atom is -0.344 e. The maximum atomic E-state index is 12.9. The number of carbonyl (C=O) groups is 1. The molecule has 1 saturated heterocycles. The first-order chi connectivity index (χ1) is 14.2. The van der Waals surface area contributed by atoms with Gasteiger partial charge in [-0.2, -0.15) is 0 Å². The Labute approximate surface area is 176 Å². The van der Waals surface area contributed by atoms with Gasteiger partial charge in [0.25, 0.3) is 5.91 Å². The van der Waals surface area contributed by atoms with Gasteiger partial charge in [-0.15, -0.1) is 0 Å². The Kier molecular flexibility index (Phi) is 6.25. The highest BCUT2D eigenvalue weighted by Crippen LogP contribution is 2.22. The average Bonchev–Trinajstić information content (AvgIpc) is 3.28. The average molecular weight is 406 g/mol. The molecule has 0 saturated carbocycles. The maximum Gasteiger partial charge on any atom is 0.251 e. The Balaban J connectivity index is 1.48. The molecule has 1 amide bonds. The van der Waals surface area contributed by atoms with Crippen molar-refractivity contribution in [1.29, 1.82) is 0 Å². The first-order valence-corrected chi connectivity index (χ1v) is 10.2. The summed E-state index contributed by atoms with van der Waals surface area (Å²) in [6.45, 7) is 3.62. The van der Waals surface area contributed by atoms with Gasteiger partial charge in [0.05, 0.1) is 6.04 Å². The SMILES string of the molecule is O=C(N[C@@H](CN1CCNC1)c1ccccc1)c1ccc(-c2ccc(Cl)cc2)cc1. The molecule has 5 heteroatoms. The molecular formula is C24H24ClN3O. The van der Waals surface area contributed by atoms with E-state index in [2.05, 4.69) is 27.7 Å². The summed E-state index contributed by atoms with van der Waals surface area (Å²) in [4.78, 5) is 15.3. The van der Waals surface area contributed by atoms with Gasteiger partial charge in [0.1, 0.15) is 0 Å². The summed E-state index contributed by atoms with van der Waals surface area (Å²) in [7, 11) is 0. The minimum atomic E-state index is -0.0614. The zero-order chi connectivity index (χ0) is 20.1. The van der Waals surface area contributed by atoms with Crippen LogP contribution in [-0.4, -0.2) is 37.1 Å². The summed E-state index contributed by atoms with van der Waals surface area (Å²) in [6.07, 6.45) is 0. The van der Waals surface area contributed by atoms with Gasteiger partial charge >= 0.3 is 0 Å². The fourth-order valence-electron chi connectivity index (χ4n) is 3.59. The van der Waals surface area contributed by atoms with Crippen molar-refractivity contribution in [2.75, 3.05) is 26.3 Å². The van der Waals surface area contributed by atoms with Crippen molar-refractivity contribution in [3.05, 3.63) is 95.0 Å². The van der Waals surface area contributed by atoms with Gasteiger partial charge in [-0.05, 0) is 41.0 Å². The van der Waals surface area contributed by atoms with Crippen LogP contribution in [0.5, 0.6) is 0 Å². The number of carbonyl (C=O) groups excluding carboxylic acids is 1. The van der Waals surface area contributed by atoms with E-state index in [9.17, 15) is 4.79 Å². The number of hydrogen-bond donors (Lipinski definition) is 2. The second-order valence-corrected chi connectivity index (χ2v) is 7.69. The van der Waals surface area contributed by atoms with Crippen LogP contribution in [0.1, 0.15) is 22.0 Å². The zero-order valence-electron chi connectivity index (χ0n) is 16.1.